The summed E-state index contributed by atoms with van der Waals surface area (Å²) >= 11 is 3.58. The third kappa shape index (κ3) is 2.99. The molecule has 3 fully saturated rings. The quantitative estimate of drug-likeness (QED) is 0.866. The molecule has 3 heterocycles. The summed E-state index contributed by atoms with van der Waals surface area (Å²) in [6, 6.07) is 4.34. The van der Waals surface area contributed by atoms with Crippen LogP contribution in [0.25, 0.3) is 0 Å². The van der Waals surface area contributed by atoms with Crippen molar-refractivity contribution >= 4 is 15.9 Å². The molecule has 0 amide bonds. The van der Waals surface area contributed by atoms with Crippen LogP contribution in [0, 0.1) is 5.92 Å². The highest BCUT2D eigenvalue weighted by molar-refractivity contribution is 9.10. The lowest BCUT2D eigenvalue weighted by molar-refractivity contribution is -0.0715. The summed E-state index contributed by atoms with van der Waals surface area (Å²) in [6.45, 7) is 4.79. The van der Waals surface area contributed by atoms with Gasteiger partial charge in [0.1, 0.15) is 0 Å². The number of piperidine rings is 3. The van der Waals surface area contributed by atoms with Gasteiger partial charge in [-0.25, -0.2) is 0 Å². The normalized spacial score (nSPS) is 30.4. The summed E-state index contributed by atoms with van der Waals surface area (Å²) in [7, 11) is 1.66. The maximum atomic E-state index is 10.5. The smallest absolute Gasteiger partial charge is 0.175 e. The minimum absolute atomic E-state index is 0.209. The second-order valence-corrected chi connectivity index (χ2v) is 7.03. The highest BCUT2D eigenvalue weighted by Gasteiger charge is 2.41. The summed E-state index contributed by atoms with van der Waals surface area (Å²) in [5.74, 6) is 1.97. The first-order chi connectivity index (χ1) is 10.6. The van der Waals surface area contributed by atoms with Crippen molar-refractivity contribution in [2.24, 2.45) is 5.92 Å². The molecule has 4 rings (SSSR count). The molecule has 122 valence electrons. The van der Waals surface area contributed by atoms with Crippen molar-refractivity contribution in [2.75, 3.05) is 26.8 Å². The van der Waals surface area contributed by atoms with E-state index in [1.165, 1.54) is 5.56 Å². The number of nitrogens with zero attached hydrogens (tertiary/aromatic N) is 1. The van der Waals surface area contributed by atoms with E-state index in [9.17, 15) is 5.11 Å². The molecule has 0 spiro atoms. The lowest BCUT2D eigenvalue weighted by atomic mass is 9.78. The molecule has 2 bridgehead atoms. The summed E-state index contributed by atoms with van der Waals surface area (Å²) in [5.41, 5.74) is 1.17. The molecule has 0 aliphatic carbocycles. The van der Waals surface area contributed by atoms with Gasteiger partial charge in [-0.05, 0) is 78.8 Å². The number of ether oxygens (including phenoxy) is 2. The third-order valence-corrected chi connectivity index (χ3v) is 5.53. The number of hydrogen-bond donors (Lipinski definition) is 1. The Balaban J connectivity index is 1.82. The Bertz CT molecular complexity index is 527. The van der Waals surface area contributed by atoms with Gasteiger partial charge in [-0.3, -0.25) is 4.90 Å². The number of halogens is 1. The Morgan fingerprint density at radius 2 is 2.05 bits per heavy atom. The van der Waals surface area contributed by atoms with Crippen LogP contribution in [0.4, 0.5) is 0 Å². The first kappa shape index (κ1) is 16.1. The van der Waals surface area contributed by atoms with Crippen LogP contribution in [0.5, 0.6) is 11.5 Å². The van der Waals surface area contributed by atoms with Gasteiger partial charge in [0.05, 0.1) is 24.3 Å². The fraction of sp³-hybridized carbons (Fsp3) is 0.647. The molecule has 1 aromatic carbocycles. The van der Waals surface area contributed by atoms with E-state index in [2.05, 4.69) is 26.9 Å². The Kier molecular flexibility index (Phi) is 4.95. The van der Waals surface area contributed by atoms with Crippen LogP contribution in [0.1, 0.15) is 25.3 Å². The second kappa shape index (κ2) is 6.77. The molecular formula is C17H24BrNO3. The molecule has 3 saturated heterocycles. The van der Waals surface area contributed by atoms with Crippen LogP contribution >= 0.6 is 15.9 Å². The maximum absolute atomic E-state index is 10.5. The van der Waals surface area contributed by atoms with Crippen molar-refractivity contribution in [1.29, 1.82) is 0 Å². The van der Waals surface area contributed by atoms with Gasteiger partial charge in [0.25, 0.3) is 0 Å². The Morgan fingerprint density at radius 3 is 2.64 bits per heavy atom. The van der Waals surface area contributed by atoms with E-state index in [1.807, 2.05) is 13.0 Å². The zero-order chi connectivity index (χ0) is 15.7. The van der Waals surface area contributed by atoms with E-state index < -0.39 is 0 Å². The molecule has 4 nitrogen and oxygen atoms in total. The Morgan fingerprint density at radius 1 is 1.32 bits per heavy atom. The average Bonchev–Trinajstić information content (AvgIpc) is 2.53. The summed E-state index contributed by atoms with van der Waals surface area (Å²) in [5, 5.41) is 10.5. The van der Waals surface area contributed by atoms with Crippen molar-refractivity contribution in [2.45, 2.75) is 38.3 Å². The van der Waals surface area contributed by atoms with E-state index in [0.717, 1.165) is 48.3 Å². The molecule has 5 heteroatoms. The number of hydrogen-bond acceptors (Lipinski definition) is 4. The van der Waals surface area contributed by atoms with E-state index in [0.29, 0.717) is 12.5 Å². The van der Waals surface area contributed by atoms with Gasteiger partial charge in [0.15, 0.2) is 11.5 Å². The Hall–Kier alpha value is -0.780. The van der Waals surface area contributed by atoms with Gasteiger partial charge in [-0.15, -0.1) is 0 Å². The number of fused-ring (bicyclic) bond motifs is 3. The van der Waals surface area contributed by atoms with E-state index in [1.54, 1.807) is 7.11 Å². The molecule has 3 aliphatic heterocycles. The van der Waals surface area contributed by atoms with Gasteiger partial charge in [-0.2, -0.15) is 0 Å². The number of benzene rings is 1. The molecular weight excluding hydrogens is 346 g/mol. The zero-order valence-electron chi connectivity index (χ0n) is 13.2. The molecule has 0 radical (unpaired) electrons. The number of aliphatic hydroxyl groups is 1. The average molecular weight is 370 g/mol. The molecule has 2 atom stereocenters. The summed E-state index contributed by atoms with van der Waals surface area (Å²) in [4.78, 5) is 2.43. The van der Waals surface area contributed by atoms with Crippen LogP contribution in [0.15, 0.2) is 16.6 Å². The maximum Gasteiger partial charge on any atom is 0.175 e. The standard InChI is InChI=1S/C17H24BrNO3/c1-3-22-17-13(18)8-11(10-15(17)21-2)9-14-16(20)12-4-6-19(14)7-5-12/h8,10,12,14,16,20H,3-7,9H2,1-2H3. The van der Waals surface area contributed by atoms with E-state index >= 15 is 0 Å². The first-order valence-corrected chi connectivity index (χ1v) is 8.84. The number of rotatable bonds is 5. The summed E-state index contributed by atoms with van der Waals surface area (Å²) in [6.07, 6.45) is 2.90. The summed E-state index contributed by atoms with van der Waals surface area (Å²) < 4.78 is 12.0. The lowest BCUT2D eigenvalue weighted by Gasteiger charge is -2.49. The first-order valence-electron chi connectivity index (χ1n) is 8.05. The highest BCUT2D eigenvalue weighted by atomic mass is 79.9. The zero-order valence-corrected chi connectivity index (χ0v) is 14.8. The van der Waals surface area contributed by atoms with Crippen LogP contribution < -0.4 is 9.47 Å². The lowest BCUT2D eigenvalue weighted by Crippen LogP contribution is -2.58. The highest BCUT2D eigenvalue weighted by Crippen LogP contribution is 2.39. The fourth-order valence-corrected chi connectivity index (χ4v) is 4.39. The molecule has 3 aliphatic rings. The van der Waals surface area contributed by atoms with Crippen molar-refractivity contribution in [3.8, 4) is 11.5 Å². The van der Waals surface area contributed by atoms with Crippen LogP contribution in [0.2, 0.25) is 0 Å². The van der Waals surface area contributed by atoms with Crippen LogP contribution in [0.3, 0.4) is 0 Å². The van der Waals surface area contributed by atoms with Crippen LogP contribution in [-0.2, 0) is 6.42 Å². The topological polar surface area (TPSA) is 41.9 Å². The van der Waals surface area contributed by atoms with E-state index in [-0.39, 0.29) is 12.1 Å². The van der Waals surface area contributed by atoms with Crippen molar-refractivity contribution in [3.05, 3.63) is 22.2 Å². The minimum Gasteiger partial charge on any atom is -0.493 e. The number of methoxy groups -OCH3 is 1. The van der Waals surface area contributed by atoms with Gasteiger partial charge in [-0.1, -0.05) is 0 Å². The van der Waals surface area contributed by atoms with Crippen molar-refractivity contribution < 1.29 is 14.6 Å². The van der Waals surface area contributed by atoms with Gasteiger partial charge < -0.3 is 14.6 Å². The second-order valence-electron chi connectivity index (χ2n) is 6.18. The minimum atomic E-state index is -0.209. The number of aliphatic hydroxyl groups excluding tert-OH is 1. The molecule has 2 unspecified atom stereocenters. The Labute approximate surface area is 140 Å². The monoisotopic (exact) mass is 369 g/mol. The van der Waals surface area contributed by atoms with E-state index in [4.69, 9.17) is 9.47 Å². The predicted octanol–water partition coefficient (Wildman–Crippen LogP) is 2.85. The largest absolute Gasteiger partial charge is 0.493 e. The predicted molar refractivity (Wildman–Crippen MR) is 89.7 cm³/mol. The molecule has 1 N–H and O–H groups in total. The molecule has 0 aromatic heterocycles. The van der Waals surface area contributed by atoms with Crippen LogP contribution in [-0.4, -0.2) is 49.0 Å². The van der Waals surface area contributed by atoms with Crippen molar-refractivity contribution in [1.82, 2.24) is 4.90 Å². The van der Waals surface area contributed by atoms with Gasteiger partial charge >= 0.3 is 0 Å². The fourth-order valence-electron chi connectivity index (χ4n) is 3.79. The van der Waals surface area contributed by atoms with Gasteiger partial charge in [0.2, 0.25) is 0 Å². The SMILES string of the molecule is CCOc1c(Br)cc(CC2C(O)C3CCN2CC3)cc1OC. The third-order valence-electron chi connectivity index (χ3n) is 4.94. The van der Waals surface area contributed by atoms with Gasteiger partial charge in [0, 0.05) is 6.04 Å². The molecule has 1 aromatic rings. The molecule has 22 heavy (non-hydrogen) atoms. The molecule has 0 saturated carbocycles. The van der Waals surface area contributed by atoms with Crippen molar-refractivity contribution in [3.63, 3.8) is 0 Å².